The van der Waals surface area contributed by atoms with Crippen LogP contribution in [0.25, 0.3) is 10.6 Å². The quantitative estimate of drug-likeness (QED) is 0.662. The molecule has 0 radical (unpaired) electrons. The summed E-state index contributed by atoms with van der Waals surface area (Å²) in [6, 6.07) is 16.5. The maximum absolute atomic E-state index is 12.5. The molecule has 7 heteroatoms. The van der Waals surface area contributed by atoms with Crippen molar-refractivity contribution in [3.8, 4) is 16.3 Å². The predicted octanol–water partition coefficient (Wildman–Crippen LogP) is 3.59. The smallest absolute Gasteiger partial charge is 0.281 e. The number of aromatic nitrogens is 1. The van der Waals surface area contributed by atoms with Crippen LogP contribution in [0.3, 0.4) is 0 Å². The number of para-hydroxylation sites is 1. The number of hydrogen-bond donors (Lipinski definition) is 2. The van der Waals surface area contributed by atoms with Crippen molar-refractivity contribution in [2.45, 2.75) is 13.8 Å². The van der Waals surface area contributed by atoms with E-state index in [9.17, 15) is 9.59 Å². The highest BCUT2D eigenvalue weighted by atomic mass is 32.1. The van der Waals surface area contributed by atoms with Crippen molar-refractivity contribution in [3.05, 3.63) is 70.7 Å². The topological polar surface area (TPSA) is 80.3 Å². The molecule has 0 spiro atoms. The molecule has 138 valence electrons. The molecule has 2 amide bonds. The van der Waals surface area contributed by atoms with E-state index >= 15 is 0 Å². The second kappa shape index (κ2) is 8.46. The van der Waals surface area contributed by atoms with Gasteiger partial charge < -0.3 is 4.74 Å². The Balaban J connectivity index is 1.70. The minimum atomic E-state index is -0.446. The molecule has 2 aromatic carbocycles. The fraction of sp³-hybridized carbons (Fsp3) is 0.150. The number of rotatable bonds is 5. The lowest BCUT2D eigenvalue weighted by molar-refractivity contribution is 0.0846. The largest absolute Gasteiger partial charge is 0.493 e. The summed E-state index contributed by atoms with van der Waals surface area (Å²) in [7, 11) is 0. The summed E-state index contributed by atoms with van der Waals surface area (Å²) in [6.07, 6.45) is 0. The molecule has 3 aromatic rings. The second-order valence-corrected chi connectivity index (χ2v) is 6.64. The van der Waals surface area contributed by atoms with Crippen molar-refractivity contribution in [2.75, 3.05) is 6.61 Å². The highest BCUT2D eigenvalue weighted by Gasteiger charge is 2.18. The summed E-state index contributed by atoms with van der Waals surface area (Å²) in [5, 5.41) is 0.756. The van der Waals surface area contributed by atoms with Crippen LogP contribution in [0.5, 0.6) is 5.75 Å². The first-order valence-electron chi connectivity index (χ1n) is 8.45. The average molecular weight is 381 g/mol. The first kappa shape index (κ1) is 18.6. The lowest BCUT2D eigenvalue weighted by atomic mass is 10.2. The van der Waals surface area contributed by atoms with Crippen LogP contribution in [-0.4, -0.2) is 23.4 Å². The fourth-order valence-electron chi connectivity index (χ4n) is 2.48. The van der Waals surface area contributed by atoms with E-state index < -0.39 is 11.8 Å². The highest BCUT2D eigenvalue weighted by Crippen LogP contribution is 2.27. The summed E-state index contributed by atoms with van der Waals surface area (Å²) in [5.74, 6) is -0.389. The molecule has 2 N–H and O–H groups in total. The Hall–Kier alpha value is -3.19. The van der Waals surface area contributed by atoms with E-state index in [0.717, 1.165) is 10.6 Å². The Bertz CT molecular complexity index is 954. The zero-order valence-corrected chi connectivity index (χ0v) is 15.8. The number of hydrazine groups is 1. The molecule has 0 aliphatic rings. The van der Waals surface area contributed by atoms with E-state index in [4.69, 9.17) is 4.74 Å². The molecule has 0 saturated carbocycles. The van der Waals surface area contributed by atoms with Gasteiger partial charge in [-0.3, -0.25) is 20.4 Å². The van der Waals surface area contributed by atoms with E-state index in [1.807, 2.05) is 37.3 Å². The van der Waals surface area contributed by atoms with Gasteiger partial charge >= 0.3 is 0 Å². The van der Waals surface area contributed by atoms with Crippen LogP contribution in [0.4, 0.5) is 0 Å². The number of carbonyl (C=O) groups excluding carboxylic acids is 2. The number of benzene rings is 2. The van der Waals surface area contributed by atoms with Gasteiger partial charge in [-0.05, 0) is 26.0 Å². The van der Waals surface area contributed by atoms with Gasteiger partial charge in [0.05, 0.1) is 17.9 Å². The molecule has 0 unspecified atom stereocenters. The van der Waals surface area contributed by atoms with E-state index in [2.05, 4.69) is 15.8 Å². The van der Waals surface area contributed by atoms with Gasteiger partial charge in [-0.25, -0.2) is 4.98 Å². The van der Waals surface area contributed by atoms with Gasteiger partial charge in [0, 0.05) is 5.56 Å². The number of nitrogens with zero attached hydrogens (tertiary/aromatic N) is 1. The molecular formula is C20H19N3O3S. The maximum atomic E-state index is 12.5. The highest BCUT2D eigenvalue weighted by molar-refractivity contribution is 7.17. The number of carbonyl (C=O) groups is 2. The van der Waals surface area contributed by atoms with Gasteiger partial charge in [-0.15, -0.1) is 11.3 Å². The van der Waals surface area contributed by atoms with E-state index in [1.54, 1.807) is 31.2 Å². The summed E-state index contributed by atoms with van der Waals surface area (Å²) in [5.41, 5.74) is 6.79. The minimum Gasteiger partial charge on any atom is -0.493 e. The van der Waals surface area contributed by atoms with E-state index in [-0.39, 0.29) is 0 Å². The molecule has 3 rings (SSSR count). The zero-order chi connectivity index (χ0) is 19.2. The lowest BCUT2D eigenvalue weighted by Gasteiger charge is -2.10. The van der Waals surface area contributed by atoms with Gasteiger partial charge in [-0.2, -0.15) is 0 Å². The van der Waals surface area contributed by atoms with Gasteiger partial charge in [0.25, 0.3) is 11.8 Å². The molecule has 27 heavy (non-hydrogen) atoms. The van der Waals surface area contributed by atoms with Crippen molar-refractivity contribution in [3.63, 3.8) is 0 Å². The molecule has 6 nitrogen and oxygen atoms in total. The normalized spacial score (nSPS) is 10.3. The van der Waals surface area contributed by atoms with Crippen LogP contribution in [-0.2, 0) is 0 Å². The van der Waals surface area contributed by atoms with Crippen molar-refractivity contribution in [2.24, 2.45) is 0 Å². The summed E-state index contributed by atoms with van der Waals surface area (Å²) in [6.45, 7) is 4.05. The third-order valence-electron chi connectivity index (χ3n) is 3.74. The molecule has 0 aliphatic heterocycles. The van der Waals surface area contributed by atoms with Gasteiger partial charge in [0.2, 0.25) is 0 Å². The van der Waals surface area contributed by atoms with Gasteiger partial charge in [0.1, 0.15) is 15.6 Å². The molecule has 0 fully saturated rings. The van der Waals surface area contributed by atoms with E-state index in [1.165, 1.54) is 11.3 Å². The molecule has 0 aliphatic carbocycles. The van der Waals surface area contributed by atoms with Crippen molar-refractivity contribution < 1.29 is 14.3 Å². The number of ether oxygens (including phenoxy) is 1. The number of amides is 2. The van der Waals surface area contributed by atoms with Crippen LogP contribution in [0, 0.1) is 6.92 Å². The minimum absolute atomic E-state index is 0.352. The third kappa shape index (κ3) is 4.32. The van der Waals surface area contributed by atoms with Crippen LogP contribution >= 0.6 is 11.3 Å². The Labute approximate surface area is 161 Å². The average Bonchev–Trinajstić information content (AvgIpc) is 3.09. The number of thiazole rings is 1. The second-order valence-electron chi connectivity index (χ2n) is 5.64. The summed E-state index contributed by atoms with van der Waals surface area (Å²) in [4.78, 5) is 29.7. The lowest BCUT2D eigenvalue weighted by Crippen LogP contribution is -2.41. The number of aryl methyl sites for hydroxylation is 1. The summed E-state index contributed by atoms with van der Waals surface area (Å²) < 4.78 is 5.44. The molecular weight excluding hydrogens is 362 g/mol. The van der Waals surface area contributed by atoms with Crippen molar-refractivity contribution >= 4 is 23.2 Å². The molecule has 1 heterocycles. The summed E-state index contributed by atoms with van der Waals surface area (Å²) >= 11 is 1.28. The first-order valence-corrected chi connectivity index (χ1v) is 9.27. The van der Waals surface area contributed by atoms with Crippen LogP contribution in [0.2, 0.25) is 0 Å². The fourth-order valence-corrected chi connectivity index (χ4v) is 3.45. The van der Waals surface area contributed by atoms with Gasteiger partial charge in [-0.1, -0.05) is 42.5 Å². The molecule has 0 atom stereocenters. The van der Waals surface area contributed by atoms with E-state index in [0.29, 0.717) is 28.5 Å². The molecule has 0 bridgehead atoms. The maximum Gasteiger partial charge on any atom is 0.281 e. The number of nitrogens with one attached hydrogen (secondary N) is 2. The van der Waals surface area contributed by atoms with Gasteiger partial charge in [0.15, 0.2) is 0 Å². The third-order valence-corrected chi connectivity index (χ3v) is 4.95. The first-order chi connectivity index (χ1) is 13.1. The Morgan fingerprint density at radius 1 is 1.00 bits per heavy atom. The van der Waals surface area contributed by atoms with Crippen LogP contribution in [0.15, 0.2) is 54.6 Å². The standard InChI is InChI=1S/C20H19N3O3S/c1-3-26-16-12-8-7-11-15(16)18(24)22-23-19(25)17-13(2)21-20(27-17)14-9-5-4-6-10-14/h4-12H,3H2,1-2H3,(H,22,24)(H,23,25). The number of hydrogen-bond acceptors (Lipinski definition) is 5. The van der Waals surface area contributed by atoms with Crippen molar-refractivity contribution in [1.29, 1.82) is 0 Å². The Morgan fingerprint density at radius 2 is 1.67 bits per heavy atom. The SMILES string of the molecule is CCOc1ccccc1C(=O)NNC(=O)c1sc(-c2ccccc2)nc1C. The Kier molecular flexibility index (Phi) is 5.83. The predicted molar refractivity (Wildman–Crippen MR) is 105 cm³/mol. The monoisotopic (exact) mass is 381 g/mol. The zero-order valence-electron chi connectivity index (χ0n) is 15.0. The molecule has 1 aromatic heterocycles. The van der Waals surface area contributed by atoms with Crippen LogP contribution in [0.1, 0.15) is 32.6 Å². The Morgan fingerprint density at radius 3 is 2.41 bits per heavy atom. The van der Waals surface area contributed by atoms with Crippen LogP contribution < -0.4 is 15.6 Å². The van der Waals surface area contributed by atoms with Crippen molar-refractivity contribution in [1.82, 2.24) is 15.8 Å². The molecule has 0 saturated heterocycles.